The average Bonchev–Trinajstić information content (AvgIpc) is 1.85. The minimum absolute atomic E-state index is 0.930. The predicted octanol–water partition coefficient (Wildman–Crippen LogP) is 1.29. The fourth-order valence-electron chi connectivity index (χ4n) is 0.829. The molecule has 1 rings (SSSR count). The molecule has 1 heterocycles. The lowest BCUT2D eigenvalue weighted by Crippen LogP contribution is -2.25. The molecule has 1 aromatic rings. The van der Waals surface area contributed by atoms with Crippen molar-refractivity contribution < 1.29 is 0 Å². The number of rotatable bonds is 2. The van der Waals surface area contributed by atoms with E-state index in [2.05, 4.69) is 34.6 Å². The van der Waals surface area contributed by atoms with Gasteiger partial charge in [-0.1, -0.05) is 19.6 Å². The Hall–Kier alpha value is -0.773. The second kappa shape index (κ2) is 3.09. The van der Waals surface area contributed by atoms with Crippen LogP contribution in [0.4, 0.5) is 0 Å². The molecule has 60 valence electrons. The zero-order valence-electron chi connectivity index (χ0n) is 7.20. The summed E-state index contributed by atoms with van der Waals surface area (Å²) in [5.41, 5.74) is 0. The van der Waals surface area contributed by atoms with E-state index in [-0.39, 0.29) is 0 Å². The lowest BCUT2D eigenvalue weighted by Gasteiger charge is -2.12. The minimum Gasteiger partial charge on any atom is -0.225 e. The summed E-state index contributed by atoms with van der Waals surface area (Å²) < 4.78 is 0. The predicted molar refractivity (Wildman–Crippen MR) is 46.9 cm³/mol. The van der Waals surface area contributed by atoms with Gasteiger partial charge in [0.05, 0.1) is 8.07 Å². The van der Waals surface area contributed by atoms with Gasteiger partial charge >= 0.3 is 0 Å². The first-order valence-corrected chi connectivity index (χ1v) is 7.39. The fourth-order valence-corrected chi connectivity index (χ4v) is 1.96. The van der Waals surface area contributed by atoms with E-state index in [9.17, 15) is 0 Å². The van der Waals surface area contributed by atoms with Crippen molar-refractivity contribution in [3.63, 3.8) is 0 Å². The standard InChI is InChI=1S/C7H13N3Si/c1-11(2,3)4-7-9-5-8-6-10-7/h5-6H,4H2,1-3H3. The molecule has 4 heteroatoms. The molecule has 1 aromatic heterocycles. The Kier molecular flexibility index (Phi) is 2.33. The highest BCUT2D eigenvalue weighted by Crippen LogP contribution is 2.05. The highest BCUT2D eigenvalue weighted by molar-refractivity contribution is 6.75. The lowest BCUT2D eigenvalue weighted by atomic mass is 10.7. The van der Waals surface area contributed by atoms with Gasteiger partial charge in [0, 0.05) is 6.04 Å². The van der Waals surface area contributed by atoms with Crippen LogP contribution in [0.3, 0.4) is 0 Å². The van der Waals surface area contributed by atoms with Crippen LogP contribution in [0.25, 0.3) is 0 Å². The first kappa shape index (κ1) is 8.32. The summed E-state index contributed by atoms with van der Waals surface area (Å²) in [6.45, 7) is 6.91. The zero-order chi connectivity index (χ0) is 8.32. The number of aromatic nitrogens is 3. The Morgan fingerprint density at radius 3 is 2.18 bits per heavy atom. The topological polar surface area (TPSA) is 38.7 Å². The summed E-state index contributed by atoms with van der Waals surface area (Å²) in [5.74, 6) is 0.930. The van der Waals surface area contributed by atoms with Crippen molar-refractivity contribution in [3.05, 3.63) is 18.5 Å². The van der Waals surface area contributed by atoms with E-state index < -0.39 is 8.07 Å². The Bertz CT molecular complexity index is 217. The van der Waals surface area contributed by atoms with Crippen LogP contribution < -0.4 is 0 Å². The molecule has 0 saturated heterocycles. The van der Waals surface area contributed by atoms with Crippen LogP contribution in [0.15, 0.2) is 12.7 Å². The summed E-state index contributed by atoms with van der Waals surface area (Å²) in [4.78, 5) is 11.9. The van der Waals surface area contributed by atoms with Crippen LogP contribution >= 0.6 is 0 Å². The number of hydrogen-bond donors (Lipinski definition) is 0. The summed E-state index contributed by atoms with van der Waals surface area (Å²) in [5, 5.41) is 0. The maximum atomic E-state index is 4.08. The Morgan fingerprint density at radius 1 is 1.18 bits per heavy atom. The minimum atomic E-state index is -1.05. The van der Waals surface area contributed by atoms with Crippen molar-refractivity contribution in [1.29, 1.82) is 0 Å². The molecule has 0 atom stereocenters. The molecule has 3 nitrogen and oxygen atoms in total. The van der Waals surface area contributed by atoms with E-state index in [1.54, 1.807) is 12.7 Å². The van der Waals surface area contributed by atoms with Gasteiger partial charge in [-0.25, -0.2) is 15.0 Å². The van der Waals surface area contributed by atoms with Crippen LogP contribution in [-0.2, 0) is 6.04 Å². The molecule has 0 aliphatic carbocycles. The second-order valence-corrected chi connectivity index (χ2v) is 9.27. The van der Waals surface area contributed by atoms with Crippen molar-refractivity contribution in [2.24, 2.45) is 0 Å². The normalized spacial score (nSPS) is 11.5. The van der Waals surface area contributed by atoms with Crippen molar-refractivity contribution in [2.45, 2.75) is 25.7 Å². The zero-order valence-corrected chi connectivity index (χ0v) is 8.20. The third kappa shape index (κ3) is 3.22. The van der Waals surface area contributed by atoms with Gasteiger partial charge < -0.3 is 0 Å². The molecule has 0 fully saturated rings. The van der Waals surface area contributed by atoms with Crippen LogP contribution in [0.2, 0.25) is 19.6 Å². The monoisotopic (exact) mass is 167 g/mol. The number of nitrogens with zero attached hydrogens (tertiary/aromatic N) is 3. The highest BCUT2D eigenvalue weighted by atomic mass is 28.3. The molecule has 0 spiro atoms. The van der Waals surface area contributed by atoms with E-state index in [1.165, 1.54) is 0 Å². The first-order chi connectivity index (χ1) is 5.08. The maximum absolute atomic E-state index is 4.08. The molecule has 0 radical (unpaired) electrons. The maximum Gasteiger partial charge on any atom is 0.129 e. The molecule has 0 unspecified atom stereocenters. The van der Waals surface area contributed by atoms with Crippen LogP contribution in [-0.4, -0.2) is 23.0 Å². The second-order valence-electron chi connectivity index (χ2n) is 3.79. The summed E-state index contributed by atoms with van der Waals surface area (Å²) >= 11 is 0. The summed E-state index contributed by atoms with van der Waals surface area (Å²) in [6.07, 6.45) is 3.12. The van der Waals surface area contributed by atoms with E-state index in [0.717, 1.165) is 11.9 Å². The van der Waals surface area contributed by atoms with Gasteiger partial charge in [-0.05, 0) is 0 Å². The quantitative estimate of drug-likeness (QED) is 0.623. The van der Waals surface area contributed by atoms with Crippen molar-refractivity contribution in [2.75, 3.05) is 0 Å². The van der Waals surface area contributed by atoms with Gasteiger partial charge in [-0.3, -0.25) is 0 Å². The van der Waals surface area contributed by atoms with Gasteiger partial charge in [0.25, 0.3) is 0 Å². The third-order valence-corrected chi connectivity index (χ3v) is 2.61. The fraction of sp³-hybridized carbons (Fsp3) is 0.571. The molecule has 0 aliphatic heterocycles. The Labute approximate surface area is 67.9 Å². The van der Waals surface area contributed by atoms with Crippen LogP contribution in [0, 0.1) is 0 Å². The molecule has 0 aromatic carbocycles. The molecule has 0 bridgehead atoms. The van der Waals surface area contributed by atoms with E-state index in [0.29, 0.717) is 0 Å². The smallest absolute Gasteiger partial charge is 0.129 e. The highest BCUT2D eigenvalue weighted by Gasteiger charge is 2.14. The molecule has 0 saturated carbocycles. The largest absolute Gasteiger partial charge is 0.225 e. The Morgan fingerprint density at radius 2 is 1.73 bits per heavy atom. The van der Waals surface area contributed by atoms with Gasteiger partial charge in [0.15, 0.2) is 0 Å². The number of hydrogen-bond acceptors (Lipinski definition) is 3. The van der Waals surface area contributed by atoms with E-state index in [4.69, 9.17) is 0 Å². The van der Waals surface area contributed by atoms with E-state index in [1.807, 2.05) is 0 Å². The summed E-state index contributed by atoms with van der Waals surface area (Å²) in [7, 11) is -1.05. The lowest BCUT2D eigenvalue weighted by molar-refractivity contribution is 0.945. The van der Waals surface area contributed by atoms with Crippen molar-refractivity contribution in [1.82, 2.24) is 15.0 Å². The van der Waals surface area contributed by atoms with Crippen LogP contribution in [0.1, 0.15) is 5.82 Å². The van der Waals surface area contributed by atoms with Gasteiger partial charge in [0.2, 0.25) is 0 Å². The molecule has 0 N–H and O–H groups in total. The van der Waals surface area contributed by atoms with Crippen molar-refractivity contribution in [3.8, 4) is 0 Å². The average molecular weight is 167 g/mol. The summed E-state index contributed by atoms with van der Waals surface area (Å²) in [6, 6.07) is 1.04. The first-order valence-electron chi connectivity index (χ1n) is 3.69. The molecule has 0 aliphatic rings. The van der Waals surface area contributed by atoms with Gasteiger partial charge in [-0.15, -0.1) is 0 Å². The molecular formula is C7H13N3Si. The van der Waals surface area contributed by atoms with Gasteiger partial charge in [-0.2, -0.15) is 0 Å². The molecule has 0 amide bonds. The molecule has 11 heavy (non-hydrogen) atoms. The third-order valence-electron chi connectivity index (χ3n) is 1.24. The van der Waals surface area contributed by atoms with Crippen LogP contribution in [0.5, 0.6) is 0 Å². The SMILES string of the molecule is C[Si](C)(C)Cc1ncncn1. The molecular weight excluding hydrogens is 154 g/mol. The van der Waals surface area contributed by atoms with Gasteiger partial charge in [0.1, 0.15) is 18.5 Å². The van der Waals surface area contributed by atoms with E-state index >= 15 is 0 Å². The van der Waals surface area contributed by atoms with Crippen molar-refractivity contribution >= 4 is 8.07 Å². The Balaban J connectivity index is 2.66.